The highest BCUT2D eigenvalue weighted by molar-refractivity contribution is 5.83. The molecule has 0 saturated carbocycles. The molecule has 0 aliphatic carbocycles. The van der Waals surface area contributed by atoms with E-state index in [1.165, 1.54) is 26.3 Å². The number of aromatic nitrogens is 2. The first-order chi connectivity index (χ1) is 15.3. The summed E-state index contributed by atoms with van der Waals surface area (Å²) >= 11 is 0. The van der Waals surface area contributed by atoms with Gasteiger partial charge in [-0.2, -0.15) is 5.10 Å². The molecule has 2 aromatic carbocycles. The number of carbonyl (C=O) groups excluding carboxylic acids is 1. The number of nitro benzene ring substituents is 1. The quantitative estimate of drug-likeness (QED) is 0.241. The minimum absolute atomic E-state index is 0.00204. The van der Waals surface area contributed by atoms with Crippen molar-refractivity contribution in [2.24, 2.45) is 5.10 Å². The topological polar surface area (TPSA) is 156 Å². The molecular weight excluding hydrogens is 422 g/mol. The van der Waals surface area contributed by atoms with Crippen molar-refractivity contribution in [3.05, 3.63) is 68.5 Å². The predicted molar refractivity (Wildman–Crippen MR) is 111 cm³/mol. The lowest BCUT2D eigenvalue weighted by Gasteiger charge is -2.11. The molecule has 0 aliphatic rings. The van der Waals surface area contributed by atoms with Gasteiger partial charge in [-0.1, -0.05) is 29.8 Å². The number of nitrogens with one attached hydrogen (secondary N) is 1. The average Bonchev–Trinajstić information content (AvgIpc) is 3.11. The van der Waals surface area contributed by atoms with Crippen molar-refractivity contribution in [2.75, 3.05) is 13.7 Å². The number of aryl methyl sites for hydroxylation is 1. The highest BCUT2D eigenvalue weighted by atomic mass is 16.8. The number of amides is 1. The van der Waals surface area contributed by atoms with Crippen LogP contribution < -0.4 is 19.8 Å². The first kappa shape index (κ1) is 22.2. The SMILES string of the molecule is COc1cc(-c2no[n+]([O-])c2C)c([N+](=O)[O-])cc1OCC(=O)N/N=C/c1ccc(C)cc1. The van der Waals surface area contributed by atoms with E-state index < -0.39 is 23.1 Å². The number of hydrazone groups is 1. The molecule has 0 fully saturated rings. The number of methoxy groups -OCH3 is 1. The summed E-state index contributed by atoms with van der Waals surface area (Å²) in [6.07, 6.45) is 1.47. The second-order valence-electron chi connectivity index (χ2n) is 6.63. The maximum absolute atomic E-state index is 12.0. The first-order valence-corrected chi connectivity index (χ1v) is 9.24. The summed E-state index contributed by atoms with van der Waals surface area (Å²) in [4.78, 5) is 23.1. The van der Waals surface area contributed by atoms with Gasteiger partial charge in [-0.15, -0.1) is 0 Å². The summed E-state index contributed by atoms with van der Waals surface area (Å²) in [7, 11) is 1.33. The van der Waals surface area contributed by atoms with Crippen LogP contribution in [0.3, 0.4) is 0 Å². The fourth-order valence-corrected chi connectivity index (χ4v) is 2.70. The molecule has 0 atom stereocenters. The number of carbonyl (C=O) groups is 1. The van der Waals surface area contributed by atoms with Gasteiger partial charge in [0.05, 0.1) is 24.3 Å². The van der Waals surface area contributed by atoms with Gasteiger partial charge in [0.1, 0.15) is 5.56 Å². The Balaban J connectivity index is 1.75. The molecule has 12 nitrogen and oxygen atoms in total. The van der Waals surface area contributed by atoms with Crippen molar-refractivity contribution in [3.63, 3.8) is 0 Å². The maximum atomic E-state index is 12.0. The van der Waals surface area contributed by atoms with Gasteiger partial charge in [-0.05, 0) is 17.4 Å². The van der Waals surface area contributed by atoms with Crippen molar-refractivity contribution in [1.82, 2.24) is 10.6 Å². The van der Waals surface area contributed by atoms with Crippen LogP contribution in [0.25, 0.3) is 11.3 Å². The zero-order valence-corrected chi connectivity index (χ0v) is 17.4. The largest absolute Gasteiger partial charge is 0.493 e. The summed E-state index contributed by atoms with van der Waals surface area (Å²) in [6, 6.07) is 9.88. The molecule has 12 heteroatoms. The highest BCUT2D eigenvalue weighted by Crippen LogP contribution is 2.39. The second kappa shape index (κ2) is 9.55. The van der Waals surface area contributed by atoms with E-state index in [0.29, 0.717) is 0 Å². The molecule has 32 heavy (non-hydrogen) atoms. The van der Waals surface area contributed by atoms with E-state index in [4.69, 9.17) is 9.47 Å². The molecule has 3 aromatic rings. The predicted octanol–water partition coefficient (Wildman–Crippen LogP) is 2.04. The van der Waals surface area contributed by atoms with Gasteiger partial charge in [0.25, 0.3) is 17.3 Å². The van der Waals surface area contributed by atoms with Crippen molar-refractivity contribution >= 4 is 17.8 Å². The molecule has 1 heterocycles. The Bertz CT molecular complexity index is 1170. The monoisotopic (exact) mass is 441 g/mol. The van der Waals surface area contributed by atoms with E-state index in [1.54, 1.807) is 0 Å². The Morgan fingerprint density at radius 2 is 2.00 bits per heavy atom. The Labute approximate surface area is 181 Å². The van der Waals surface area contributed by atoms with Gasteiger partial charge >= 0.3 is 0 Å². The maximum Gasteiger partial charge on any atom is 0.285 e. The van der Waals surface area contributed by atoms with E-state index in [0.717, 1.165) is 17.2 Å². The second-order valence-corrected chi connectivity index (χ2v) is 6.63. The average molecular weight is 441 g/mol. The van der Waals surface area contributed by atoms with Crippen LogP contribution >= 0.6 is 0 Å². The molecule has 0 saturated heterocycles. The lowest BCUT2D eigenvalue weighted by Crippen LogP contribution is -2.25. The third-order valence-corrected chi connectivity index (χ3v) is 4.40. The Morgan fingerprint density at radius 3 is 2.59 bits per heavy atom. The molecule has 0 aliphatic heterocycles. The lowest BCUT2D eigenvalue weighted by atomic mass is 10.1. The van der Waals surface area contributed by atoms with Gasteiger partial charge in [0.2, 0.25) is 5.69 Å². The summed E-state index contributed by atoms with van der Waals surface area (Å²) in [5.74, 6) is -0.528. The molecular formula is C20H19N5O7. The van der Waals surface area contributed by atoms with E-state index in [-0.39, 0.29) is 33.4 Å². The summed E-state index contributed by atoms with van der Waals surface area (Å²) in [5, 5.41) is 30.5. The molecule has 0 bridgehead atoms. The van der Waals surface area contributed by atoms with Crippen LogP contribution in [-0.4, -0.2) is 35.9 Å². The normalized spacial score (nSPS) is 10.8. The van der Waals surface area contributed by atoms with Crippen LogP contribution in [0.5, 0.6) is 11.5 Å². The van der Waals surface area contributed by atoms with Crippen LogP contribution in [0.15, 0.2) is 46.1 Å². The van der Waals surface area contributed by atoms with Crippen molar-refractivity contribution in [1.29, 1.82) is 0 Å². The minimum atomic E-state index is -0.670. The van der Waals surface area contributed by atoms with E-state index in [9.17, 15) is 20.1 Å². The molecule has 1 N–H and O–H groups in total. The van der Waals surface area contributed by atoms with Gasteiger partial charge < -0.3 is 14.7 Å². The number of ether oxygens (including phenoxy) is 2. The number of hydrogen-bond acceptors (Lipinski definition) is 9. The van der Waals surface area contributed by atoms with Crippen molar-refractivity contribution in [2.45, 2.75) is 13.8 Å². The molecule has 166 valence electrons. The van der Waals surface area contributed by atoms with E-state index in [2.05, 4.69) is 20.3 Å². The Kier molecular flexibility index (Phi) is 6.63. The fraction of sp³-hybridized carbons (Fsp3) is 0.200. The lowest BCUT2D eigenvalue weighted by molar-refractivity contribution is -0.806. The van der Waals surface area contributed by atoms with Crippen LogP contribution in [0.1, 0.15) is 16.8 Å². The van der Waals surface area contributed by atoms with Crippen LogP contribution in [0, 0.1) is 29.2 Å². The summed E-state index contributed by atoms with van der Waals surface area (Å²) < 4.78 is 15.1. The highest BCUT2D eigenvalue weighted by Gasteiger charge is 2.29. The zero-order valence-electron chi connectivity index (χ0n) is 17.4. The molecule has 0 spiro atoms. The smallest absolute Gasteiger partial charge is 0.285 e. The Hall–Kier alpha value is -4.48. The van der Waals surface area contributed by atoms with Gasteiger partial charge in [0, 0.05) is 18.1 Å². The molecule has 0 radical (unpaired) electrons. The molecule has 3 rings (SSSR count). The Morgan fingerprint density at radius 1 is 1.28 bits per heavy atom. The van der Waals surface area contributed by atoms with Gasteiger partial charge in [-0.25, -0.2) is 5.43 Å². The molecule has 1 aromatic heterocycles. The van der Waals surface area contributed by atoms with E-state index in [1.807, 2.05) is 31.2 Å². The van der Waals surface area contributed by atoms with E-state index >= 15 is 0 Å². The van der Waals surface area contributed by atoms with Gasteiger partial charge in [0.15, 0.2) is 18.1 Å². The zero-order chi connectivity index (χ0) is 23.3. The third-order valence-electron chi connectivity index (χ3n) is 4.40. The molecule has 1 amide bonds. The third kappa shape index (κ3) is 4.98. The summed E-state index contributed by atoms with van der Waals surface area (Å²) in [5.41, 5.74) is 3.82. The van der Waals surface area contributed by atoms with Crippen molar-refractivity contribution in [3.8, 4) is 22.8 Å². The molecule has 0 unspecified atom stereocenters. The van der Waals surface area contributed by atoms with Gasteiger partial charge in [-0.3, -0.25) is 19.5 Å². The van der Waals surface area contributed by atoms with Crippen LogP contribution in [-0.2, 0) is 4.79 Å². The minimum Gasteiger partial charge on any atom is -0.493 e. The van der Waals surface area contributed by atoms with Crippen LogP contribution in [0.2, 0.25) is 0 Å². The van der Waals surface area contributed by atoms with Crippen molar-refractivity contribution < 1.29 is 28.7 Å². The number of nitro groups is 1. The first-order valence-electron chi connectivity index (χ1n) is 9.24. The number of hydrogen-bond donors (Lipinski definition) is 1. The summed E-state index contributed by atoms with van der Waals surface area (Å²) in [6.45, 7) is 2.89. The standard InChI is InChI=1S/C20H19N5O7/c1-12-4-6-14(7-5-12)10-21-22-19(26)11-31-18-9-16(24(27)28)15(8-17(18)30-3)20-13(2)25(29)32-23-20/h4-10H,11H2,1-3H3,(H,22,26)/b21-10+. The van der Waals surface area contributed by atoms with Crippen LogP contribution in [0.4, 0.5) is 5.69 Å². The number of nitrogens with zero attached hydrogens (tertiary/aromatic N) is 4. The number of benzene rings is 2. The fourth-order valence-electron chi connectivity index (χ4n) is 2.70. The number of rotatable bonds is 8.